The zero-order valence-corrected chi connectivity index (χ0v) is 28.6. The SMILES string of the molecule is CN1CC(=O)N2C[C@@H](NC(=O)Cc3cccc4ccccc34)C[C@H]2COc2ccc(F)cc2C(=O)N(C)[C@H](C(=O)NCCN=C(N)N)CCC1=O. The zero-order valence-electron chi connectivity index (χ0n) is 28.6. The molecule has 2 aliphatic heterocycles. The number of guanidine groups is 1. The number of amides is 5. The van der Waals surface area contributed by atoms with Crippen LogP contribution in [0.3, 0.4) is 0 Å². The molecule has 5 amide bonds. The number of benzene rings is 3. The number of halogens is 1. The van der Waals surface area contributed by atoms with Gasteiger partial charge in [0, 0.05) is 39.6 Å². The van der Waals surface area contributed by atoms with Gasteiger partial charge in [0.2, 0.25) is 23.6 Å². The molecule has 0 aliphatic carbocycles. The Hall–Kier alpha value is -5.73. The van der Waals surface area contributed by atoms with Gasteiger partial charge >= 0.3 is 0 Å². The average Bonchev–Trinajstić information content (AvgIpc) is 3.51. The maximum Gasteiger partial charge on any atom is 0.258 e. The number of likely N-dealkylation sites (N-methyl/N-ethyl adjacent to an activating group) is 2. The summed E-state index contributed by atoms with van der Waals surface area (Å²) in [5.74, 6) is -3.05. The lowest BCUT2D eigenvalue weighted by molar-refractivity contribution is -0.140. The van der Waals surface area contributed by atoms with Gasteiger partial charge in [-0.2, -0.15) is 0 Å². The highest BCUT2D eigenvalue weighted by Gasteiger charge is 2.38. The molecule has 0 radical (unpaired) electrons. The predicted octanol–water partition coefficient (Wildman–Crippen LogP) is 0.769. The van der Waals surface area contributed by atoms with Crippen molar-refractivity contribution in [2.75, 3.05) is 46.9 Å². The van der Waals surface area contributed by atoms with Gasteiger partial charge < -0.3 is 41.5 Å². The molecule has 3 aromatic rings. The molecular weight excluding hydrogens is 659 g/mol. The summed E-state index contributed by atoms with van der Waals surface area (Å²) in [6.07, 6.45) is 0.234. The smallest absolute Gasteiger partial charge is 0.258 e. The van der Waals surface area contributed by atoms with Crippen LogP contribution in [0.5, 0.6) is 5.75 Å². The molecule has 0 bridgehead atoms. The monoisotopic (exact) mass is 702 g/mol. The van der Waals surface area contributed by atoms with Crippen molar-refractivity contribution in [2.24, 2.45) is 16.5 Å². The van der Waals surface area contributed by atoms with Crippen LogP contribution >= 0.6 is 0 Å². The Kier molecular flexibility index (Phi) is 11.7. The molecule has 2 heterocycles. The minimum atomic E-state index is -1.13. The second-order valence-electron chi connectivity index (χ2n) is 12.8. The second-order valence-corrected chi connectivity index (χ2v) is 12.8. The van der Waals surface area contributed by atoms with Crippen molar-refractivity contribution < 1.29 is 33.1 Å². The van der Waals surface area contributed by atoms with Crippen LogP contribution in [-0.2, 0) is 25.6 Å². The lowest BCUT2D eigenvalue weighted by Crippen LogP contribution is -2.49. The van der Waals surface area contributed by atoms with E-state index in [1.807, 2.05) is 42.5 Å². The third-order valence-corrected chi connectivity index (χ3v) is 9.16. The van der Waals surface area contributed by atoms with E-state index in [0.717, 1.165) is 33.4 Å². The second kappa shape index (κ2) is 16.3. The molecule has 0 aromatic heterocycles. The Morgan fingerprint density at radius 3 is 2.57 bits per heavy atom. The molecule has 0 spiro atoms. The van der Waals surface area contributed by atoms with Crippen LogP contribution in [0.4, 0.5) is 4.39 Å². The van der Waals surface area contributed by atoms with E-state index >= 15 is 0 Å². The molecule has 270 valence electrons. The van der Waals surface area contributed by atoms with E-state index in [2.05, 4.69) is 15.6 Å². The number of aliphatic imine (C=N–C) groups is 1. The topological polar surface area (TPSA) is 193 Å². The largest absolute Gasteiger partial charge is 0.491 e. The van der Waals surface area contributed by atoms with Crippen LogP contribution in [0.2, 0.25) is 0 Å². The molecule has 5 rings (SSSR count). The Labute approximate surface area is 294 Å². The first-order valence-electron chi connectivity index (χ1n) is 16.7. The average molecular weight is 703 g/mol. The summed E-state index contributed by atoms with van der Waals surface area (Å²) in [5, 5.41) is 7.73. The van der Waals surface area contributed by atoms with Gasteiger partial charge in [0.05, 0.1) is 31.1 Å². The normalized spacial score (nSPS) is 20.1. The van der Waals surface area contributed by atoms with Gasteiger partial charge in [-0.05, 0) is 47.4 Å². The maximum absolute atomic E-state index is 14.5. The summed E-state index contributed by atoms with van der Waals surface area (Å²) in [4.78, 5) is 75.1. The van der Waals surface area contributed by atoms with E-state index in [1.54, 1.807) is 4.90 Å². The van der Waals surface area contributed by atoms with Crippen molar-refractivity contribution >= 4 is 46.3 Å². The number of hydrogen-bond acceptors (Lipinski definition) is 7. The first-order chi connectivity index (χ1) is 24.4. The number of fused-ring (bicyclic) bond motifs is 3. The van der Waals surface area contributed by atoms with E-state index in [-0.39, 0.29) is 81.1 Å². The molecule has 14 nitrogen and oxygen atoms in total. The molecule has 1 fully saturated rings. The first kappa shape index (κ1) is 36.5. The number of rotatable bonds is 7. The summed E-state index contributed by atoms with van der Waals surface area (Å²) in [6.45, 7) is 0.00188. The van der Waals surface area contributed by atoms with Crippen molar-refractivity contribution in [1.29, 1.82) is 0 Å². The van der Waals surface area contributed by atoms with Gasteiger partial charge in [-0.3, -0.25) is 29.0 Å². The van der Waals surface area contributed by atoms with Gasteiger partial charge in [0.15, 0.2) is 5.96 Å². The van der Waals surface area contributed by atoms with E-state index in [9.17, 15) is 28.4 Å². The number of carbonyl (C=O) groups excluding carboxylic acids is 5. The molecule has 0 unspecified atom stereocenters. The molecular formula is C36H43FN8O6. The number of nitrogens with zero attached hydrogens (tertiary/aromatic N) is 4. The standard InChI is InChI=1S/C36H43FN8O6/c1-43-20-33(48)45-19-25(42-31(46)16-23-8-5-7-22-6-3-4-9-27(22)23)18-26(45)21-51-30-12-10-24(37)17-28(30)35(50)44(2)29(11-13-32(43)47)34(49)40-14-15-41-36(38)39/h3-10,12,17,25-26,29H,11,13-16,18-21H2,1-2H3,(H,40,49)(H,42,46)(H4,38,39,41)/t25-,26-,29-/m0/s1. The van der Waals surface area contributed by atoms with Crippen molar-refractivity contribution in [3.8, 4) is 5.75 Å². The van der Waals surface area contributed by atoms with Gasteiger partial charge in [0.25, 0.3) is 5.91 Å². The molecule has 3 atom stereocenters. The molecule has 1 saturated heterocycles. The van der Waals surface area contributed by atoms with E-state index < -0.39 is 41.7 Å². The molecule has 2 aliphatic rings. The van der Waals surface area contributed by atoms with Crippen molar-refractivity contribution in [3.05, 3.63) is 77.6 Å². The summed E-state index contributed by atoms with van der Waals surface area (Å²) in [7, 11) is 2.87. The number of carbonyl (C=O) groups is 5. The van der Waals surface area contributed by atoms with Crippen molar-refractivity contribution in [3.63, 3.8) is 0 Å². The van der Waals surface area contributed by atoms with E-state index in [1.165, 1.54) is 25.1 Å². The maximum atomic E-state index is 14.5. The number of ether oxygens (including phenoxy) is 1. The third-order valence-electron chi connectivity index (χ3n) is 9.16. The minimum absolute atomic E-state index is 0.0547. The van der Waals surface area contributed by atoms with Crippen LogP contribution in [0.25, 0.3) is 10.8 Å². The summed E-state index contributed by atoms with van der Waals surface area (Å²) >= 11 is 0. The minimum Gasteiger partial charge on any atom is -0.491 e. The predicted molar refractivity (Wildman–Crippen MR) is 188 cm³/mol. The zero-order chi connectivity index (χ0) is 36.7. The summed E-state index contributed by atoms with van der Waals surface area (Å²) in [6, 6.07) is 15.0. The highest BCUT2D eigenvalue weighted by Crippen LogP contribution is 2.27. The Morgan fingerprint density at radius 2 is 1.78 bits per heavy atom. The Balaban J connectivity index is 1.36. The van der Waals surface area contributed by atoms with Crippen molar-refractivity contribution in [1.82, 2.24) is 25.3 Å². The highest BCUT2D eigenvalue weighted by atomic mass is 19.1. The Bertz CT molecular complexity index is 1830. The van der Waals surface area contributed by atoms with Crippen molar-refractivity contribution in [2.45, 2.75) is 43.8 Å². The van der Waals surface area contributed by atoms with Gasteiger partial charge in [-0.25, -0.2) is 4.39 Å². The number of nitrogens with two attached hydrogens (primary N) is 2. The number of nitrogens with one attached hydrogen (secondary N) is 2. The van der Waals surface area contributed by atoms with Crippen LogP contribution in [0.1, 0.15) is 35.2 Å². The van der Waals surface area contributed by atoms with Crippen LogP contribution in [0.15, 0.2) is 65.7 Å². The van der Waals surface area contributed by atoms with Crippen LogP contribution in [-0.4, -0.2) is 115 Å². The van der Waals surface area contributed by atoms with Gasteiger partial charge in [-0.1, -0.05) is 42.5 Å². The molecule has 3 aromatic carbocycles. The summed E-state index contributed by atoms with van der Waals surface area (Å²) in [5.41, 5.74) is 11.4. The lowest BCUT2D eigenvalue weighted by Gasteiger charge is -2.28. The lowest BCUT2D eigenvalue weighted by atomic mass is 10.0. The molecule has 0 saturated carbocycles. The fraction of sp³-hybridized carbons (Fsp3) is 0.389. The molecule has 15 heteroatoms. The Morgan fingerprint density at radius 1 is 1.02 bits per heavy atom. The first-order valence-corrected chi connectivity index (χ1v) is 16.7. The van der Waals surface area contributed by atoms with Gasteiger partial charge in [-0.15, -0.1) is 0 Å². The highest BCUT2D eigenvalue weighted by molar-refractivity contribution is 6.00. The fourth-order valence-corrected chi connectivity index (χ4v) is 6.51. The van der Waals surface area contributed by atoms with Gasteiger partial charge in [0.1, 0.15) is 24.2 Å². The van der Waals surface area contributed by atoms with E-state index in [0.29, 0.717) is 6.42 Å². The fourth-order valence-electron chi connectivity index (χ4n) is 6.51. The third kappa shape index (κ3) is 9.09. The number of hydrogen-bond donors (Lipinski definition) is 4. The molecule has 6 N–H and O–H groups in total. The molecule has 51 heavy (non-hydrogen) atoms. The quantitative estimate of drug-likeness (QED) is 0.158. The van der Waals surface area contributed by atoms with Crippen LogP contribution in [0, 0.1) is 5.82 Å². The van der Waals surface area contributed by atoms with Crippen LogP contribution < -0.4 is 26.8 Å². The summed E-state index contributed by atoms with van der Waals surface area (Å²) < 4.78 is 20.7. The van der Waals surface area contributed by atoms with E-state index in [4.69, 9.17) is 16.2 Å².